The molecule has 0 aliphatic carbocycles. The summed E-state index contributed by atoms with van der Waals surface area (Å²) in [7, 11) is -3.66. The van der Waals surface area contributed by atoms with Crippen LogP contribution in [0.3, 0.4) is 0 Å². The number of sulfonamides is 1. The first-order valence-corrected chi connectivity index (χ1v) is 14.7. The van der Waals surface area contributed by atoms with Crippen molar-refractivity contribution in [1.82, 2.24) is 0 Å². The van der Waals surface area contributed by atoms with Crippen molar-refractivity contribution >= 4 is 56.5 Å². The van der Waals surface area contributed by atoms with Crippen LogP contribution in [0, 0.1) is 0 Å². The molecule has 4 aromatic carbocycles. The van der Waals surface area contributed by atoms with Crippen LogP contribution in [0.25, 0.3) is 0 Å². The molecule has 1 aliphatic heterocycles. The molecule has 1 aliphatic rings. The Hall–Kier alpha value is -3.20. The first-order valence-electron chi connectivity index (χ1n) is 11.5. The maximum absolute atomic E-state index is 13.9. The Morgan fingerprint density at radius 3 is 1.97 bits per heavy atom. The van der Waals surface area contributed by atoms with E-state index in [-0.39, 0.29) is 16.1 Å². The highest BCUT2D eigenvalue weighted by molar-refractivity contribution is 8.00. The van der Waals surface area contributed by atoms with Crippen LogP contribution >= 0.6 is 23.5 Å². The second kappa shape index (κ2) is 10.4. The van der Waals surface area contributed by atoms with E-state index >= 15 is 0 Å². The number of fused-ring (bicyclic) bond motifs is 2. The van der Waals surface area contributed by atoms with Gasteiger partial charge in [-0.05, 0) is 67.1 Å². The van der Waals surface area contributed by atoms with Crippen LogP contribution in [0.4, 0.5) is 17.1 Å². The molecule has 5 rings (SSSR count). The molecule has 0 fully saturated rings. The third-order valence-electron chi connectivity index (χ3n) is 5.74. The monoisotopic (exact) mass is 532 g/mol. The standard InChI is InChI=1S/C28H24N2O3S3/c1-2-25(28(31)30-23-12-6-8-14-26(23)35-27-15-9-7-13-24(27)30)34-21-18-16-20(17-19-21)29-36(32,33)22-10-4-3-5-11-22/h3-19,25,29H,2H2,1H3. The Kier molecular flexibility index (Phi) is 7.09. The van der Waals surface area contributed by atoms with Crippen LogP contribution in [0.1, 0.15) is 13.3 Å². The maximum Gasteiger partial charge on any atom is 0.261 e. The largest absolute Gasteiger partial charge is 0.280 e. The zero-order valence-electron chi connectivity index (χ0n) is 19.5. The Labute approximate surface area is 220 Å². The van der Waals surface area contributed by atoms with Gasteiger partial charge in [-0.1, -0.05) is 61.2 Å². The molecule has 1 heterocycles. The number of hydrogen-bond donors (Lipinski definition) is 1. The van der Waals surface area contributed by atoms with E-state index in [1.807, 2.05) is 72.5 Å². The molecule has 1 amide bonds. The van der Waals surface area contributed by atoms with Gasteiger partial charge in [0.15, 0.2) is 0 Å². The summed E-state index contributed by atoms with van der Waals surface area (Å²) in [5.41, 5.74) is 2.27. The molecule has 182 valence electrons. The molecule has 1 atom stereocenters. The maximum atomic E-state index is 13.9. The fourth-order valence-corrected chi connectivity index (χ4v) is 7.11. The molecular weight excluding hydrogens is 509 g/mol. The molecule has 36 heavy (non-hydrogen) atoms. The summed E-state index contributed by atoms with van der Waals surface area (Å²) >= 11 is 3.16. The zero-order valence-corrected chi connectivity index (χ0v) is 21.9. The van der Waals surface area contributed by atoms with Crippen molar-refractivity contribution in [2.75, 3.05) is 9.62 Å². The van der Waals surface area contributed by atoms with E-state index in [0.717, 1.165) is 26.1 Å². The smallest absolute Gasteiger partial charge is 0.261 e. The Balaban J connectivity index is 1.36. The minimum Gasteiger partial charge on any atom is -0.280 e. The van der Waals surface area contributed by atoms with Gasteiger partial charge in [0.1, 0.15) is 0 Å². The fraction of sp³-hybridized carbons (Fsp3) is 0.107. The predicted molar refractivity (Wildman–Crippen MR) is 148 cm³/mol. The van der Waals surface area contributed by atoms with E-state index in [2.05, 4.69) is 4.72 Å². The van der Waals surface area contributed by atoms with Crippen LogP contribution in [0.15, 0.2) is 123 Å². The Bertz CT molecular complexity index is 1440. The van der Waals surface area contributed by atoms with E-state index in [4.69, 9.17) is 0 Å². The number of amides is 1. The second-order valence-electron chi connectivity index (χ2n) is 8.17. The molecule has 0 saturated heterocycles. The highest BCUT2D eigenvalue weighted by Crippen LogP contribution is 2.48. The minimum absolute atomic E-state index is 0.0246. The lowest BCUT2D eigenvalue weighted by Crippen LogP contribution is -2.35. The molecule has 0 radical (unpaired) electrons. The molecule has 0 bridgehead atoms. The van der Waals surface area contributed by atoms with Gasteiger partial charge in [-0.15, -0.1) is 11.8 Å². The normalized spacial score (nSPS) is 13.4. The van der Waals surface area contributed by atoms with Crippen molar-refractivity contribution < 1.29 is 13.2 Å². The number of benzene rings is 4. The summed E-state index contributed by atoms with van der Waals surface area (Å²) in [6.07, 6.45) is 0.653. The van der Waals surface area contributed by atoms with Crippen molar-refractivity contribution in [3.63, 3.8) is 0 Å². The third kappa shape index (κ3) is 5.02. The van der Waals surface area contributed by atoms with Crippen molar-refractivity contribution in [2.45, 2.75) is 38.2 Å². The average molecular weight is 533 g/mol. The number of nitrogens with zero attached hydrogens (tertiary/aromatic N) is 1. The molecule has 0 saturated carbocycles. The topological polar surface area (TPSA) is 66.5 Å². The van der Waals surface area contributed by atoms with Crippen LogP contribution in [-0.4, -0.2) is 19.6 Å². The quantitative estimate of drug-likeness (QED) is 0.255. The molecule has 1 N–H and O–H groups in total. The summed E-state index contributed by atoms with van der Waals surface area (Å²) in [6, 6.07) is 31.3. The van der Waals surface area contributed by atoms with Crippen molar-refractivity contribution in [3.05, 3.63) is 103 Å². The number of thioether (sulfide) groups is 1. The van der Waals surface area contributed by atoms with E-state index in [1.165, 1.54) is 11.8 Å². The lowest BCUT2D eigenvalue weighted by molar-refractivity contribution is -0.117. The van der Waals surface area contributed by atoms with Gasteiger partial charge in [0.25, 0.3) is 10.0 Å². The van der Waals surface area contributed by atoms with E-state index in [1.54, 1.807) is 54.2 Å². The average Bonchev–Trinajstić information content (AvgIpc) is 2.91. The number of carbonyl (C=O) groups is 1. The number of para-hydroxylation sites is 2. The van der Waals surface area contributed by atoms with Crippen LogP contribution in [-0.2, 0) is 14.8 Å². The van der Waals surface area contributed by atoms with Crippen molar-refractivity contribution in [2.24, 2.45) is 0 Å². The fourth-order valence-electron chi connectivity index (χ4n) is 3.97. The van der Waals surface area contributed by atoms with Crippen molar-refractivity contribution in [3.8, 4) is 0 Å². The van der Waals surface area contributed by atoms with Gasteiger partial charge in [0.2, 0.25) is 5.91 Å². The molecule has 8 heteroatoms. The summed E-state index contributed by atoms with van der Waals surface area (Å²) in [4.78, 5) is 18.9. The van der Waals surface area contributed by atoms with Gasteiger partial charge in [-0.3, -0.25) is 14.4 Å². The van der Waals surface area contributed by atoms with E-state index < -0.39 is 10.0 Å². The number of hydrogen-bond acceptors (Lipinski definition) is 5. The SMILES string of the molecule is CCC(Sc1ccc(NS(=O)(=O)c2ccccc2)cc1)C(=O)N1c2ccccc2Sc2ccccc21. The van der Waals surface area contributed by atoms with Crippen molar-refractivity contribution in [1.29, 1.82) is 0 Å². The van der Waals surface area contributed by atoms with Crippen LogP contribution in [0.2, 0.25) is 0 Å². The molecular formula is C28H24N2O3S3. The van der Waals surface area contributed by atoms with Gasteiger partial charge in [-0.2, -0.15) is 0 Å². The number of rotatable bonds is 7. The van der Waals surface area contributed by atoms with Gasteiger partial charge < -0.3 is 0 Å². The minimum atomic E-state index is -3.66. The summed E-state index contributed by atoms with van der Waals surface area (Å²) in [5, 5.41) is -0.305. The van der Waals surface area contributed by atoms with E-state index in [0.29, 0.717) is 12.1 Å². The Morgan fingerprint density at radius 1 is 0.833 bits per heavy atom. The molecule has 4 aromatic rings. The molecule has 0 spiro atoms. The number of nitrogens with one attached hydrogen (secondary N) is 1. The Morgan fingerprint density at radius 2 is 1.39 bits per heavy atom. The summed E-state index contributed by atoms with van der Waals surface area (Å²) in [6.45, 7) is 2.01. The molecule has 5 nitrogen and oxygen atoms in total. The zero-order chi connectivity index (χ0) is 25.1. The summed E-state index contributed by atoms with van der Waals surface area (Å²) < 4.78 is 27.8. The third-order valence-corrected chi connectivity index (χ3v) is 9.63. The highest BCUT2D eigenvalue weighted by atomic mass is 32.2. The second-order valence-corrected chi connectivity index (χ2v) is 12.2. The number of anilines is 3. The van der Waals surface area contributed by atoms with Gasteiger partial charge in [0.05, 0.1) is 21.5 Å². The molecule has 0 aromatic heterocycles. The lowest BCUT2D eigenvalue weighted by atomic mass is 10.2. The highest BCUT2D eigenvalue weighted by Gasteiger charge is 2.32. The summed E-state index contributed by atoms with van der Waals surface area (Å²) in [5.74, 6) is 0.0246. The van der Waals surface area contributed by atoms with Gasteiger partial charge >= 0.3 is 0 Å². The van der Waals surface area contributed by atoms with E-state index in [9.17, 15) is 13.2 Å². The van der Waals surface area contributed by atoms with Crippen LogP contribution < -0.4 is 9.62 Å². The predicted octanol–water partition coefficient (Wildman–Crippen LogP) is 7.19. The lowest BCUT2D eigenvalue weighted by Gasteiger charge is -2.33. The first-order chi connectivity index (χ1) is 17.5. The van der Waals surface area contributed by atoms with Gasteiger partial charge in [0, 0.05) is 20.4 Å². The molecule has 1 unspecified atom stereocenters. The van der Waals surface area contributed by atoms with Gasteiger partial charge in [-0.25, -0.2) is 8.42 Å². The number of carbonyl (C=O) groups excluding carboxylic acids is 1. The van der Waals surface area contributed by atoms with Crippen LogP contribution in [0.5, 0.6) is 0 Å². The first kappa shape index (κ1) is 24.5.